The van der Waals surface area contributed by atoms with Crippen LogP contribution in [0.2, 0.25) is 0 Å². The second kappa shape index (κ2) is 69.1. The first-order valence-electron chi connectivity index (χ1n) is 38.8. The van der Waals surface area contributed by atoms with Crippen molar-refractivity contribution < 1.29 is 32.9 Å². The van der Waals surface area contributed by atoms with E-state index in [1.54, 1.807) is 0 Å². The largest absolute Gasteiger partial charge is 0.756 e. The molecule has 9 heteroatoms. The molecule has 0 aliphatic carbocycles. The summed E-state index contributed by atoms with van der Waals surface area (Å²) in [4.78, 5) is 25.7. The molecule has 0 spiro atoms. The van der Waals surface area contributed by atoms with E-state index >= 15 is 0 Å². The summed E-state index contributed by atoms with van der Waals surface area (Å²) in [6.45, 7) is 4.78. The lowest BCUT2D eigenvalue weighted by Crippen LogP contribution is -2.46. The number of carbonyl (C=O) groups is 1. The van der Waals surface area contributed by atoms with Gasteiger partial charge in [-0.25, -0.2) is 0 Å². The SMILES string of the molecule is CCCCCCC/C=C\C/C=C\C/C=C\CCCCCCCCCCCCCCCCCCCCCCC(=O)NC(COP(=O)([O-])OCC[N+](C)(C)C)C(O)CCCCCCCCCCCCCCCCCCCCCCCCCCCCCCCC. The Morgan fingerprint density at radius 2 is 0.667 bits per heavy atom. The summed E-state index contributed by atoms with van der Waals surface area (Å²) >= 11 is 0. The third-order valence-electron chi connectivity index (χ3n) is 18.1. The summed E-state index contributed by atoms with van der Waals surface area (Å²) in [6, 6.07) is -0.801. The van der Waals surface area contributed by atoms with E-state index < -0.39 is 20.0 Å². The van der Waals surface area contributed by atoms with Crippen molar-refractivity contribution in [1.82, 2.24) is 5.32 Å². The van der Waals surface area contributed by atoms with E-state index in [-0.39, 0.29) is 19.1 Å². The molecule has 3 atom stereocenters. The van der Waals surface area contributed by atoms with Gasteiger partial charge in [-0.1, -0.05) is 384 Å². The van der Waals surface area contributed by atoms with Gasteiger partial charge in [0.15, 0.2) is 0 Å². The van der Waals surface area contributed by atoms with Gasteiger partial charge in [0.05, 0.1) is 39.9 Å². The highest BCUT2D eigenvalue weighted by atomic mass is 31.2. The molecule has 0 aromatic carbocycles. The van der Waals surface area contributed by atoms with Crippen LogP contribution in [0.3, 0.4) is 0 Å². The van der Waals surface area contributed by atoms with Gasteiger partial charge >= 0.3 is 0 Å². The Morgan fingerprint density at radius 1 is 0.402 bits per heavy atom. The summed E-state index contributed by atoms with van der Waals surface area (Å²) in [5.41, 5.74) is 0. The summed E-state index contributed by atoms with van der Waals surface area (Å²) in [5.74, 6) is -0.156. The van der Waals surface area contributed by atoms with Crippen LogP contribution in [0.25, 0.3) is 0 Å². The first kappa shape index (κ1) is 85.7. The number of hydrogen-bond donors (Lipinski definition) is 2. The number of quaternary nitrogens is 1. The highest BCUT2D eigenvalue weighted by Gasteiger charge is 2.24. The number of amides is 1. The number of phosphoric acid groups is 1. The standard InChI is InChI=1S/C78H153N2O6P/c1-6-8-10-12-14-16-18-20-22-24-26-28-30-32-34-36-38-39-40-41-42-44-46-48-50-52-54-56-58-60-62-64-66-68-70-72-78(82)79-76(75-86-87(83,84)85-74-73-80(3,4)5)77(81)71-69-67-65-63-61-59-57-55-53-51-49-47-45-43-37-35-33-31-29-27-25-23-21-19-17-15-13-11-9-7-2/h18,20,24,26,30,32,76-77,81H,6-17,19,21-23,25,27-29,31,33-75H2,1-5H3,(H-,79,82,83,84)/b20-18-,26-24-,32-30-. The molecule has 0 saturated heterocycles. The van der Waals surface area contributed by atoms with Gasteiger partial charge in [0.25, 0.3) is 7.82 Å². The fourth-order valence-corrected chi connectivity index (χ4v) is 12.8. The molecule has 0 aliphatic rings. The van der Waals surface area contributed by atoms with Crippen LogP contribution in [0.15, 0.2) is 36.5 Å². The van der Waals surface area contributed by atoms with Crippen molar-refractivity contribution in [2.24, 2.45) is 0 Å². The van der Waals surface area contributed by atoms with E-state index in [0.717, 1.165) is 51.4 Å². The fourth-order valence-electron chi connectivity index (χ4n) is 12.1. The lowest BCUT2D eigenvalue weighted by molar-refractivity contribution is -0.870. The predicted molar refractivity (Wildman–Crippen MR) is 381 cm³/mol. The number of rotatable bonds is 73. The molecule has 87 heavy (non-hydrogen) atoms. The normalized spacial score (nSPS) is 13.7. The molecular formula is C78H153N2O6P. The van der Waals surface area contributed by atoms with E-state index in [1.165, 1.54) is 327 Å². The molecule has 0 radical (unpaired) electrons. The Hall–Kier alpha value is -1.28. The number of nitrogens with zero attached hydrogens (tertiary/aromatic N) is 1. The zero-order valence-corrected chi connectivity index (χ0v) is 60.2. The van der Waals surface area contributed by atoms with Crippen molar-refractivity contribution in [3.05, 3.63) is 36.5 Å². The predicted octanol–water partition coefficient (Wildman–Crippen LogP) is 24.5. The Morgan fingerprint density at radius 3 is 0.966 bits per heavy atom. The van der Waals surface area contributed by atoms with Gasteiger partial charge in [0, 0.05) is 6.42 Å². The minimum Gasteiger partial charge on any atom is -0.756 e. The maximum atomic E-state index is 13.1. The fraction of sp³-hybridized carbons (Fsp3) is 0.910. The summed E-state index contributed by atoms with van der Waals surface area (Å²) in [5, 5.41) is 14.1. The maximum Gasteiger partial charge on any atom is 0.268 e. The second-order valence-corrected chi connectivity index (χ2v) is 29.5. The minimum absolute atomic E-state index is 0.0146. The van der Waals surface area contributed by atoms with Crippen molar-refractivity contribution in [2.75, 3.05) is 40.9 Å². The highest BCUT2D eigenvalue weighted by molar-refractivity contribution is 7.45. The van der Waals surface area contributed by atoms with Crippen molar-refractivity contribution >= 4 is 13.7 Å². The van der Waals surface area contributed by atoms with E-state index in [1.807, 2.05) is 21.1 Å². The third kappa shape index (κ3) is 72.0. The molecule has 2 N–H and O–H groups in total. The lowest BCUT2D eigenvalue weighted by atomic mass is 10.0. The Balaban J connectivity index is 3.94. The molecular weight excluding hydrogens is 1090 g/mol. The van der Waals surface area contributed by atoms with Crippen molar-refractivity contribution in [3.8, 4) is 0 Å². The molecule has 1 amide bonds. The number of nitrogens with one attached hydrogen (secondary N) is 1. The van der Waals surface area contributed by atoms with Gasteiger partial charge in [0.2, 0.25) is 5.91 Å². The topological polar surface area (TPSA) is 108 Å². The first-order chi connectivity index (χ1) is 42.5. The van der Waals surface area contributed by atoms with Crippen molar-refractivity contribution in [3.63, 3.8) is 0 Å². The third-order valence-corrected chi connectivity index (χ3v) is 19.1. The van der Waals surface area contributed by atoms with E-state index in [4.69, 9.17) is 9.05 Å². The quantitative estimate of drug-likeness (QED) is 0.0272. The molecule has 516 valence electrons. The van der Waals surface area contributed by atoms with Gasteiger partial charge in [0.1, 0.15) is 13.2 Å². The van der Waals surface area contributed by atoms with E-state index in [9.17, 15) is 19.4 Å². The summed E-state index contributed by atoms with van der Waals surface area (Å²) in [7, 11) is 1.33. The average Bonchev–Trinajstić information content (AvgIpc) is 3.70. The molecule has 0 bridgehead atoms. The van der Waals surface area contributed by atoms with Gasteiger partial charge in [-0.15, -0.1) is 0 Å². The minimum atomic E-state index is -4.58. The number of likely N-dealkylation sites (N-methyl/N-ethyl adjacent to an activating group) is 1. The van der Waals surface area contributed by atoms with E-state index in [0.29, 0.717) is 23.9 Å². The Kier molecular flexibility index (Phi) is 68.1. The monoisotopic (exact) mass is 1250 g/mol. The van der Waals surface area contributed by atoms with Gasteiger partial charge in [-0.2, -0.15) is 0 Å². The summed E-state index contributed by atoms with van der Waals surface area (Å²) < 4.78 is 23.6. The molecule has 8 nitrogen and oxygen atoms in total. The van der Waals surface area contributed by atoms with Crippen LogP contribution < -0.4 is 10.2 Å². The zero-order valence-electron chi connectivity index (χ0n) is 59.3. The Labute approximate surface area is 544 Å². The van der Waals surface area contributed by atoms with Crippen LogP contribution in [0, 0.1) is 0 Å². The number of aliphatic hydroxyl groups is 1. The molecule has 0 rings (SSSR count). The van der Waals surface area contributed by atoms with Crippen LogP contribution >= 0.6 is 7.82 Å². The molecule has 0 saturated carbocycles. The van der Waals surface area contributed by atoms with Gasteiger partial charge in [-0.05, 0) is 51.4 Å². The zero-order chi connectivity index (χ0) is 63.4. The average molecular weight is 1250 g/mol. The van der Waals surface area contributed by atoms with Gasteiger partial charge in [-0.3, -0.25) is 9.36 Å². The smallest absolute Gasteiger partial charge is 0.268 e. The number of carbonyl (C=O) groups excluding carboxylic acids is 1. The van der Waals surface area contributed by atoms with Crippen LogP contribution in [0.1, 0.15) is 406 Å². The molecule has 0 aliphatic heterocycles. The number of aliphatic hydroxyl groups excluding tert-OH is 1. The van der Waals surface area contributed by atoms with Crippen molar-refractivity contribution in [1.29, 1.82) is 0 Å². The van der Waals surface area contributed by atoms with Crippen LogP contribution in [-0.2, 0) is 18.4 Å². The number of hydrogen-bond acceptors (Lipinski definition) is 6. The molecule has 0 aromatic heterocycles. The van der Waals surface area contributed by atoms with Crippen LogP contribution in [-0.4, -0.2) is 68.5 Å². The summed E-state index contributed by atoms with van der Waals surface area (Å²) in [6.07, 6.45) is 92.5. The second-order valence-electron chi connectivity index (χ2n) is 28.1. The number of phosphoric ester groups is 1. The molecule has 3 unspecified atom stereocenters. The molecule has 0 fully saturated rings. The Bertz CT molecular complexity index is 1510. The van der Waals surface area contributed by atoms with Crippen LogP contribution in [0.5, 0.6) is 0 Å². The molecule has 0 aromatic rings. The number of unbranched alkanes of at least 4 members (excludes halogenated alkanes) is 54. The van der Waals surface area contributed by atoms with Crippen LogP contribution in [0.4, 0.5) is 0 Å². The maximum absolute atomic E-state index is 13.1. The first-order valence-corrected chi connectivity index (χ1v) is 40.3. The van der Waals surface area contributed by atoms with Crippen molar-refractivity contribution in [2.45, 2.75) is 418 Å². The highest BCUT2D eigenvalue weighted by Crippen LogP contribution is 2.38. The molecule has 0 heterocycles. The van der Waals surface area contributed by atoms with E-state index in [2.05, 4.69) is 55.6 Å². The number of allylic oxidation sites excluding steroid dienone is 6. The van der Waals surface area contributed by atoms with Gasteiger partial charge < -0.3 is 28.8 Å². The lowest BCUT2D eigenvalue weighted by Gasteiger charge is -2.30.